The summed E-state index contributed by atoms with van der Waals surface area (Å²) in [5.41, 5.74) is 0.883. The lowest BCUT2D eigenvalue weighted by molar-refractivity contribution is -0.150. The number of hydrogen-bond donors (Lipinski definition) is 1. The van der Waals surface area contributed by atoms with Crippen molar-refractivity contribution in [3.05, 3.63) is 35.9 Å². The Morgan fingerprint density at radius 3 is 2.50 bits per heavy atom. The summed E-state index contributed by atoms with van der Waals surface area (Å²) in [6.07, 6.45) is 1.11. The molecule has 0 aliphatic heterocycles. The topological polar surface area (TPSA) is 66.8 Å². The fraction of sp³-hybridized carbons (Fsp3) is 0.467. The number of carboxylic acid groups (broad SMARTS) is 1. The second kappa shape index (κ2) is 8.32. The first-order valence-corrected chi connectivity index (χ1v) is 6.66. The van der Waals surface area contributed by atoms with Crippen molar-refractivity contribution in [2.45, 2.75) is 25.8 Å². The molecule has 0 bridgehead atoms. The number of nitrogens with zero attached hydrogens (tertiary/aromatic N) is 1. The maximum Gasteiger partial charge on any atom is 0.326 e. The summed E-state index contributed by atoms with van der Waals surface area (Å²) in [5, 5.41) is 9.29. The standard InChI is InChI=1S/C15H21NO4/c1-3-9-20-11-14(17)16(2)13(15(18)19)10-12-7-5-4-6-8-12/h4-8,13H,3,9-11H2,1-2H3,(H,18,19). The maximum absolute atomic E-state index is 11.9. The smallest absolute Gasteiger partial charge is 0.326 e. The highest BCUT2D eigenvalue weighted by Gasteiger charge is 2.26. The highest BCUT2D eigenvalue weighted by atomic mass is 16.5. The van der Waals surface area contributed by atoms with E-state index in [1.807, 2.05) is 37.3 Å². The van der Waals surface area contributed by atoms with Gasteiger partial charge in [-0.1, -0.05) is 37.3 Å². The third-order valence-electron chi connectivity index (χ3n) is 2.99. The molecule has 5 nitrogen and oxygen atoms in total. The Balaban J connectivity index is 2.65. The van der Waals surface area contributed by atoms with E-state index in [1.54, 1.807) is 0 Å². The zero-order valence-electron chi connectivity index (χ0n) is 11.9. The second-order valence-corrected chi connectivity index (χ2v) is 4.60. The lowest BCUT2D eigenvalue weighted by Crippen LogP contribution is -2.45. The molecule has 0 aliphatic carbocycles. The third-order valence-corrected chi connectivity index (χ3v) is 2.99. The lowest BCUT2D eigenvalue weighted by atomic mass is 10.1. The number of carbonyl (C=O) groups is 2. The highest BCUT2D eigenvalue weighted by molar-refractivity contribution is 5.84. The molecule has 0 radical (unpaired) electrons. The molecule has 1 atom stereocenters. The number of hydrogen-bond acceptors (Lipinski definition) is 3. The van der Waals surface area contributed by atoms with Gasteiger partial charge in [0.05, 0.1) is 0 Å². The molecule has 1 aromatic carbocycles. The molecule has 20 heavy (non-hydrogen) atoms. The SMILES string of the molecule is CCCOCC(=O)N(C)C(Cc1ccccc1)C(=O)O. The predicted octanol–water partition coefficient (Wildman–Crippen LogP) is 1.57. The van der Waals surface area contributed by atoms with E-state index in [1.165, 1.54) is 11.9 Å². The molecule has 0 spiro atoms. The summed E-state index contributed by atoms with van der Waals surface area (Å²) in [6, 6.07) is 8.38. The molecular weight excluding hydrogens is 258 g/mol. The molecule has 0 saturated heterocycles. The normalized spacial score (nSPS) is 11.9. The Labute approximate surface area is 119 Å². The van der Waals surface area contributed by atoms with Crippen LogP contribution in [0.5, 0.6) is 0 Å². The van der Waals surface area contributed by atoms with Gasteiger partial charge in [-0.2, -0.15) is 0 Å². The van der Waals surface area contributed by atoms with E-state index in [2.05, 4.69) is 0 Å². The fourth-order valence-corrected chi connectivity index (χ4v) is 1.81. The molecule has 1 aromatic rings. The molecule has 110 valence electrons. The molecule has 1 N–H and O–H groups in total. The molecule has 0 heterocycles. The molecule has 0 fully saturated rings. The minimum absolute atomic E-state index is 0.0804. The van der Waals surface area contributed by atoms with Gasteiger partial charge in [0, 0.05) is 20.1 Å². The first kappa shape index (κ1) is 16.2. The summed E-state index contributed by atoms with van der Waals surface area (Å²) in [7, 11) is 1.50. The zero-order valence-corrected chi connectivity index (χ0v) is 11.9. The second-order valence-electron chi connectivity index (χ2n) is 4.60. The minimum Gasteiger partial charge on any atom is -0.480 e. The molecule has 1 amide bonds. The minimum atomic E-state index is -1.01. The zero-order chi connectivity index (χ0) is 15.0. The summed E-state index contributed by atoms with van der Waals surface area (Å²) in [5.74, 6) is -1.33. The van der Waals surface area contributed by atoms with Crippen LogP contribution in [0, 0.1) is 0 Å². The molecule has 1 unspecified atom stereocenters. The first-order chi connectivity index (χ1) is 9.56. The summed E-state index contributed by atoms with van der Waals surface area (Å²) in [4.78, 5) is 24.5. The van der Waals surface area contributed by atoms with Crippen LogP contribution in [0.1, 0.15) is 18.9 Å². The van der Waals surface area contributed by atoms with Gasteiger partial charge in [-0.05, 0) is 12.0 Å². The Bertz CT molecular complexity index is 433. The van der Waals surface area contributed by atoms with Gasteiger partial charge < -0.3 is 14.7 Å². The average Bonchev–Trinajstić information content (AvgIpc) is 2.45. The molecule has 5 heteroatoms. The van der Waals surface area contributed by atoms with Gasteiger partial charge in [-0.3, -0.25) is 4.79 Å². The molecule has 1 rings (SSSR count). The van der Waals surface area contributed by atoms with E-state index in [4.69, 9.17) is 4.74 Å². The van der Waals surface area contributed by atoms with Crippen molar-refractivity contribution >= 4 is 11.9 Å². The molecule has 0 aliphatic rings. The van der Waals surface area contributed by atoms with E-state index >= 15 is 0 Å². The van der Waals surface area contributed by atoms with Gasteiger partial charge in [0.2, 0.25) is 5.91 Å². The molecule has 0 saturated carbocycles. The summed E-state index contributed by atoms with van der Waals surface area (Å²) < 4.78 is 5.16. The van der Waals surface area contributed by atoms with Crippen LogP contribution in [0.25, 0.3) is 0 Å². The number of carboxylic acids is 1. The number of amides is 1. The van der Waals surface area contributed by atoms with Crippen LogP contribution in [0.3, 0.4) is 0 Å². The average molecular weight is 279 g/mol. The van der Waals surface area contributed by atoms with Crippen LogP contribution in [-0.2, 0) is 20.7 Å². The van der Waals surface area contributed by atoms with Gasteiger partial charge in [-0.25, -0.2) is 4.79 Å². The van der Waals surface area contributed by atoms with Gasteiger partial charge in [0.25, 0.3) is 0 Å². The van der Waals surface area contributed by atoms with Crippen molar-refractivity contribution in [1.29, 1.82) is 0 Å². The fourth-order valence-electron chi connectivity index (χ4n) is 1.81. The van der Waals surface area contributed by atoms with Crippen molar-refractivity contribution in [2.24, 2.45) is 0 Å². The summed E-state index contributed by atoms with van der Waals surface area (Å²) >= 11 is 0. The maximum atomic E-state index is 11.9. The van der Waals surface area contributed by atoms with Crippen LogP contribution in [0.2, 0.25) is 0 Å². The Hall–Kier alpha value is -1.88. The molecule has 0 aromatic heterocycles. The van der Waals surface area contributed by atoms with Crippen LogP contribution in [0.4, 0.5) is 0 Å². The lowest BCUT2D eigenvalue weighted by Gasteiger charge is -2.25. The van der Waals surface area contributed by atoms with Gasteiger partial charge in [-0.15, -0.1) is 0 Å². The van der Waals surface area contributed by atoms with Crippen LogP contribution >= 0.6 is 0 Å². The Kier molecular flexibility index (Phi) is 6.73. The van der Waals surface area contributed by atoms with Gasteiger partial charge in [0.1, 0.15) is 12.6 Å². The van der Waals surface area contributed by atoms with E-state index in [0.29, 0.717) is 6.61 Å². The quantitative estimate of drug-likeness (QED) is 0.733. The largest absolute Gasteiger partial charge is 0.480 e. The van der Waals surface area contributed by atoms with Crippen molar-refractivity contribution in [1.82, 2.24) is 4.90 Å². The predicted molar refractivity (Wildman–Crippen MR) is 75.4 cm³/mol. The number of carbonyl (C=O) groups excluding carboxylic acids is 1. The first-order valence-electron chi connectivity index (χ1n) is 6.66. The van der Waals surface area contributed by atoms with Crippen molar-refractivity contribution in [3.8, 4) is 0 Å². The number of benzene rings is 1. The van der Waals surface area contributed by atoms with E-state index in [-0.39, 0.29) is 18.9 Å². The number of ether oxygens (including phenoxy) is 1. The Morgan fingerprint density at radius 2 is 1.95 bits per heavy atom. The van der Waals surface area contributed by atoms with Crippen molar-refractivity contribution in [2.75, 3.05) is 20.3 Å². The molecular formula is C15H21NO4. The van der Waals surface area contributed by atoms with Gasteiger partial charge in [0.15, 0.2) is 0 Å². The van der Waals surface area contributed by atoms with Crippen molar-refractivity contribution in [3.63, 3.8) is 0 Å². The van der Waals surface area contributed by atoms with Gasteiger partial charge >= 0.3 is 5.97 Å². The summed E-state index contributed by atoms with van der Waals surface area (Å²) in [6.45, 7) is 2.36. The number of aliphatic carboxylic acids is 1. The number of likely N-dealkylation sites (N-methyl/N-ethyl adjacent to an activating group) is 1. The Morgan fingerprint density at radius 1 is 1.30 bits per heavy atom. The van der Waals surface area contributed by atoms with E-state index in [0.717, 1.165) is 12.0 Å². The van der Waals surface area contributed by atoms with E-state index < -0.39 is 12.0 Å². The van der Waals surface area contributed by atoms with Crippen LogP contribution < -0.4 is 0 Å². The third kappa shape index (κ3) is 5.01. The van der Waals surface area contributed by atoms with E-state index in [9.17, 15) is 14.7 Å². The van der Waals surface area contributed by atoms with Crippen LogP contribution in [-0.4, -0.2) is 48.2 Å². The highest BCUT2D eigenvalue weighted by Crippen LogP contribution is 2.09. The van der Waals surface area contributed by atoms with Crippen LogP contribution in [0.15, 0.2) is 30.3 Å². The number of rotatable bonds is 8. The van der Waals surface area contributed by atoms with Crippen molar-refractivity contribution < 1.29 is 19.4 Å². The monoisotopic (exact) mass is 279 g/mol.